The minimum Gasteiger partial charge on any atom is -0.382 e. The van der Waals surface area contributed by atoms with Gasteiger partial charge in [0.2, 0.25) is 5.91 Å². The number of hydrogen-bond donors (Lipinski definition) is 2. The molecule has 1 saturated heterocycles. The molecule has 178 valence electrons. The molecule has 2 N–H and O–H groups in total. The van der Waals surface area contributed by atoms with Crippen molar-refractivity contribution in [3.8, 4) is 0 Å². The molecule has 0 spiro atoms. The number of carbonyl (C=O) groups excluding carboxylic acids is 4. The number of aryl methyl sites for hydroxylation is 1. The molecule has 0 radical (unpaired) electrons. The second-order valence-corrected chi connectivity index (χ2v) is 8.95. The average Bonchev–Trinajstić information content (AvgIpc) is 3.32. The van der Waals surface area contributed by atoms with E-state index in [1.165, 1.54) is 13.2 Å². The quantitative estimate of drug-likeness (QED) is 0.427. The summed E-state index contributed by atoms with van der Waals surface area (Å²) in [6.45, 7) is 9.17. The molecule has 1 aliphatic rings. The maximum atomic E-state index is 12.8. The molecule has 32 heavy (non-hydrogen) atoms. The van der Waals surface area contributed by atoms with Gasteiger partial charge in [0.1, 0.15) is 17.4 Å². The smallest absolute Gasteiger partial charge is 0.274 e. The van der Waals surface area contributed by atoms with Gasteiger partial charge in [-0.15, -0.1) is 0 Å². The SMILES string of the molecule is COC[C@H](NC(=O)c1cc(C)on1)C(=O)C[C@@H](C)C(=O)N[C@@H](CC(C)C)C(=O)[C@@]1(C)CO1. The third-order valence-corrected chi connectivity index (χ3v) is 5.28. The van der Waals surface area contributed by atoms with E-state index < -0.39 is 35.4 Å². The van der Waals surface area contributed by atoms with Crippen LogP contribution >= 0.6 is 0 Å². The van der Waals surface area contributed by atoms with E-state index in [4.69, 9.17) is 14.0 Å². The number of carbonyl (C=O) groups is 4. The molecule has 1 aliphatic heterocycles. The molecule has 0 unspecified atom stereocenters. The first-order valence-corrected chi connectivity index (χ1v) is 10.7. The van der Waals surface area contributed by atoms with Crippen molar-refractivity contribution in [1.82, 2.24) is 15.8 Å². The van der Waals surface area contributed by atoms with Crippen molar-refractivity contribution in [2.24, 2.45) is 11.8 Å². The first-order valence-electron chi connectivity index (χ1n) is 10.7. The number of aromatic nitrogens is 1. The van der Waals surface area contributed by atoms with Gasteiger partial charge in [0.05, 0.1) is 19.3 Å². The number of ether oxygens (including phenoxy) is 2. The average molecular weight is 452 g/mol. The van der Waals surface area contributed by atoms with Crippen LogP contribution in [0.4, 0.5) is 0 Å². The summed E-state index contributed by atoms with van der Waals surface area (Å²) in [5, 5.41) is 8.97. The lowest BCUT2D eigenvalue weighted by atomic mass is 9.92. The first kappa shape index (κ1) is 25.7. The van der Waals surface area contributed by atoms with E-state index in [1.807, 2.05) is 13.8 Å². The molecule has 0 aromatic carbocycles. The minimum atomic E-state index is -0.952. The van der Waals surface area contributed by atoms with Gasteiger partial charge < -0.3 is 24.6 Å². The van der Waals surface area contributed by atoms with Crippen LogP contribution in [0.2, 0.25) is 0 Å². The summed E-state index contributed by atoms with van der Waals surface area (Å²) in [6.07, 6.45) is 0.345. The highest BCUT2D eigenvalue weighted by Gasteiger charge is 2.50. The van der Waals surface area contributed by atoms with Crippen LogP contribution in [-0.2, 0) is 23.9 Å². The Bertz CT molecular complexity index is 844. The van der Waals surface area contributed by atoms with Gasteiger partial charge in [-0.2, -0.15) is 0 Å². The summed E-state index contributed by atoms with van der Waals surface area (Å²) in [6, 6.07) is -0.181. The summed E-state index contributed by atoms with van der Waals surface area (Å²) < 4.78 is 15.2. The predicted molar refractivity (Wildman–Crippen MR) is 114 cm³/mol. The Morgan fingerprint density at radius 3 is 2.34 bits per heavy atom. The number of ketones is 2. The fraction of sp³-hybridized carbons (Fsp3) is 0.682. The third-order valence-electron chi connectivity index (χ3n) is 5.28. The van der Waals surface area contributed by atoms with E-state index in [0.717, 1.165) is 0 Å². The molecule has 10 heteroatoms. The van der Waals surface area contributed by atoms with Gasteiger partial charge >= 0.3 is 0 Å². The van der Waals surface area contributed by atoms with Crippen LogP contribution in [0.15, 0.2) is 10.6 Å². The zero-order valence-electron chi connectivity index (χ0n) is 19.5. The van der Waals surface area contributed by atoms with E-state index in [9.17, 15) is 19.2 Å². The number of amides is 2. The van der Waals surface area contributed by atoms with Gasteiger partial charge in [0.15, 0.2) is 17.3 Å². The Morgan fingerprint density at radius 2 is 1.84 bits per heavy atom. The molecule has 10 nitrogen and oxygen atoms in total. The van der Waals surface area contributed by atoms with Gasteiger partial charge in [-0.25, -0.2) is 0 Å². The molecule has 1 aromatic rings. The standard InChI is InChI=1S/C22H33N3O7/c1-12(2)7-15(19(27)22(5)11-31-22)23-20(28)13(3)8-18(26)17(10-30-6)24-21(29)16-9-14(4)32-25-16/h9,12-13,15,17H,7-8,10-11H2,1-6H3,(H,23,28)(H,24,29)/t13-,15+,17+,22-/m1/s1. The Labute approximate surface area is 187 Å². The highest BCUT2D eigenvalue weighted by molar-refractivity contribution is 5.99. The number of rotatable bonds is 13. The van der Waals surface area contributed by atoms with Crippen molar-refractivity contribution in [2.75, 3.05) is 20.3 Å². The van der Waals surface area contributed by atoms with Crippen molar-refractivity contribution in [2.45, 2.75) is 65.1 Å². The minimum absolute atomic E-state index is 0.0491. The van der Waals surface area contributed by atoms with Crippen molar-refractivity contribution in [3.63, 3.8) is 0 Å². The van der Waals surface area contributed by atoms with Gasteiger partial charge in [0.25, 0.3) is 5.91 Å². The lowest BCUT2D eigenvalue weighted by Gasteiger charge is -2.24. The number of methoxy groups -OCH3 is 1. The monoisotopic (exact) mass is 451 g/mol. The van der Waals surface area contributed by atoms with Crippen molar-refractivity contribution in [3.05, 3.63) is 17.5 Å². The molecular weight excluding hydrogens is 418 g/mol. The lowest BCUT2D eigenvalue weighted by Crippen LogP contribution is -2.49. The van der Waals surface area contributed by atoms with Gasteiger partial charge in [-0.05, 0) is 26.2 Å². The number of nitrogens with zero attached hydrogens (tertiary/aromatic N) is 1. The molecule has 2 heterocycles. The molecule has 0 saturated carbocycles. The van der Waals surface area contributed by atoms with E-state index in [2.05, 4.69) is 15.8 Å². The highest BCUT2D eigenvalue weighted by Crippen LogP contribution is 2.29. The van der Waals surface area contributed by atoms with Crippen molar-refractivity contribution >= 4 is 23.4 Å². The van der Waals surface area contributed by atoms with Crippen molar-refractivity contribution in [1.29, 1.82) is 0 Å². The van der Waals surface area contributed by atoms with Gasteiger partial charge in [0, 0.05) is 25.5 Å². The molecule has 4 atom stereocenters. The summed E-state index contributed by atoms with van der Waals surface area (Å²) in [5.74, 6) is -1.57. The van der Waals surface area contributed by atoms with Crippen LogP contribution in [0.5, 0.6) is 0 Å². The Hall–Kier alpha value is -2.59. The van der Waals surface area contributed by atoms with Crippen molar-refractivity contribution < 1.29 is 33.2 Å². The molecule has 2 amide bonds. The second-order valence-electron chi connectivity index (χ2n) is 8.95. The zero-order valence-corrected chi connectivity index (χ0v) is 19.5. The normalized spacial score (nSPS) is 20.3. The number of Topliss-reactive ketones (excluding diaryl/α,β-unsaturated/α-hetero) is 2. The summed E-state index contributed by atoms with van der Waals surface area (Å²) in [7, 11) is 1.41. The van der Waals surface area contributed by atoms with Crippen LogP contribution in [0, 0.1) is 18.8 Å². The zero-order chi connectivity index (χ0) is 24.1. The molecule has 2 rings (SSSR count). The maximum Gasteiger partial charge on any atom is 0.274 e. The fourth-order valence-corrected chi connectivity index (χ4v) is 3.26. The summed E-state index contributed by atoms with van der Waals surface area (Å²) in [5.41, 5.74) is -0.799. The number of hydrogen-bond acceptors (Lipinski definition) is 8. The van der Waals surface area contributed by atoms with Crippen LogP contribution in [-0.4, -0.2) is 66.5 Å². The van der Waals surface area contributed by atoms with Gasteiger partial charge in [-0.1, -0.05) is 25.9 Å². The van der Waals surface area contributed by atoms with E-state index in [1.54, 1.807) is 20.8 Å². The maximum absolute atomic E-state index is 12.8. The fourth-order valence-electron chi connectivity index (χ4n) is 3.26. The molecular formula is C22H33N3O7. The van der Waals surface area contributed by atoms with Crippen LogP contribution < -0.4 is 10.6 Å². The first-order chi connectivity index (χ1) is 15.0. The Morgan fingerprint density at radius 1 is 1.19 bits per heavy atom. The number of epoxide rings is 1. The lowest BCUT2D eigenvalue weighted by molar-refractivity contribution is -0.134. The van der Waals surface area contributed by atoms with Crippen LogP contribution in [0.1, 0.15) is 56.8 Å². The largest absolute Gasteiger partial charge is 0.382 e. The highest BCUT2D eigenvalue weighted by atomic mass is 16.6. The van der Waals surface area contributed by atoms with E-state index in [-0.39, 0.29) is 36.2 Å². The molecule has 1 aromatic heterocycles. The Kier molecular flexibility index (Phi) is 8.68. The van der Waals surface area contributed by atoms with E-state index >= 15 is 0 Å². The molecule has 0 bridgehead atoms. The molecule has 1 fully saturated rings. The number of nitrogens with one attached hydrogen (secondary N) is 2. The Balaban J connectivity index is 1.98. The van der Waals surface area contributed by atoms with Gasteiger partial charge in [-0.3, -0.25) is 19.2 Å². The third kappa shape index (κ3) is 6.96. The van der Waals surface area contributed by atoms with Crippen LogP contribution in [0.25, 0.3) is 0 Å². The predicted octanol–water partition coefficient (Wildman–Crippen LogP) is 1.21. The van der Waals surface area contributed by atoms with Crippen LogP contribution in [0.3, 0.4) is 0 Å². The second kappa shape index (κ2) is 10.8. The van der Waals surface area contributed by atoms with E-state index in [0.29, 0.717) is 18.8 Å². The topological polar surface area (TPSA) is 140 Å². The summed E-state index contributed by atoms with van der Waals surface area (Å²) >= 11 is 0. The summed E-state index contributed by atoms with van der Waals surface area (Å²) in [4.78, 5) is 50.6. The molecule has 0 aliphatic carbocycles.